The van der Waals surface area contributed by atoms with Gasteiger partial charge in [-0.05, 0) is 19.1 Å². The molecule has 2 rings (SSSR count). The summed E-state index contributed by atoms with van der Waals surface area (Å²) in [4.78, 5) is 15.9. The molecule has 0 unspecified atom stereocenters. The van der Waals surface area contributed by atoms with Gasteiger partial charge in [0, 0.05) is 31.5 Å². The molecule has 2 N–H and O–H groups in total. The van der Waals surface area contributed by atoms with Gasteiger partial charge in [0.1, 0.15) is 0 Å². The summed E-state index contributed by atoms with van der Waals surface area (Å²) in [7, 11) is 1.83. The van der Waals surface area contributed by atoms with E-state index in [0.29, 0.717) is 25.6 Å². The van der Waals surface area contributed by atoms with Crippen LogP contribution in [0, 0.1) is 0 Å². The van der Waals surface area contributed by atoms with Crippen LogP contribution in [0.1, 0.15) is 18.2 Å². The molecule has 21 heavy (non-hydrogen) atoms. The number of ether oxygens (including phenoxy) is 1. The van der Waals surface area contributed by atoms with Crippen molar-refractivity contribution in [2.45, 2.75) is 20.0 Å². The van der Waals surface area contributed by atoms with Crippen LogP contribution in [0.3, 0.4) is 0 Å². The second kappa shape index (κ2) is 7.28. The molecule has 2 heterocycles. The zero-order valence-corrected chi connectivity index (χ0v) is 12.2. The van der Waals surface area contributed by atoms with Gasteiger partial charge in [-0.3, -0.25) is 4.68 Å². The Morgan fingerprint density at radius 1 is 1.29 bits per heavy atom. The van der Waals surface area contributed by atoms with E-state index in [1.807, 2.05) is 32.2 Å². The van der Waals surface area contributed by atoms with E-state index in [1.54, 1.807) is 17.1 Å². The molecule has 7 heteroatoms. The van der Waals surface area contributed by atoms with Crippen molar-refractivity contribution in [2.75, 3.05) is 6.61 Å². The largest absolute Gasteiger partial charge is 0.478 e. The molecule has 2 aromatic rings. The summed E-state index contributed by atoms with van der Waals surface area (Å²) in [6.07, 6.45) is 3.36. The van der Waals surface area contributed by atoms with Gasteiger partial charge >= 0.3 is 6.03 Å². The molecule has 0 aromatic carbocycles. The number of nitrogens with one attached hydrogen (secondary N) is 2. The lowest BCUT2D eigenvalue weighted by atomic mass is 10.2. The van der Waals surface area contributed by atoms with Gasteiger partial charge in [0.15, 0.2) is 0 Å². The van der Waals surface area contributed by atoms with Crippen LogP contribution in [0.25, 0.3) is 0 Å². The van der Waals surface area contributed by atoms with E-state index in [9.17, 15) is 4.79 Å². The molecular formula is C14H19N5O2. The van der Waals surface area contributed by atoms with Crippen molar-refractivity contribution in [1.29, 1.82) is 0 Å². The Balaban J connectivity index is 1.82. The molecule has 0 aliphatic rings. The van der Waals surface area contributed by atoms with Crippen LogP contribution in [0.4, 0.5) is 4.79 Å². The van der Waals surface area contributed by atoms with Gasteiger partial charge in [0.05, 0.1) is 18.8 Å². The maximum Gasteiger partial charge on any atom is 0.315 e. The highest BCUT2D eigenvalue weighted by molar-refractivity contribution is 5.73. The van der Waals surface area contributed by atoms with Crippen LogP contribution in [0.15, 0.2) is 30.6 Å². The van der Waals surface area contributed by atoms with Gasteiger partial charge in [-0.1, -0.05) is 6.07 Å². The fourth-order valence-electron chi connectivity index (χ4n) is 1.81. The monoisotopic (exact) mass is 289 g/mol. The first kappa shape index (κ1) is 14.8. The number of urea groups is 1. The summed E-state index contributed by atoms with van der Waals surface area (Å²) in [5, 5.41) is 9.60. The zero-order chi connectivity index (χ0) is 15.1. The maximum absolute atomic E-state index is 11.8. The number of amides is 2. The normalized spacial score (nSPS) is 10.2. The number of hydrogen-bond acceptors (Lipinski definition) is 4. The highest BCUT2D eigenvalue weighted by atomic mass is 16.5. The number of carbonyl (C=O) groups is 1. The average molecular weight is 289 g/mol. The average Bonchev–Trinajstić information content (AvgIpc) is 2.90. The summed E-state index contributed by atoms with van der Waals surface area (Å²) in [6.45, 7) is 3.22. The molecule has 0 fully saturated rings. The summed E-state index contributed by atoms with van der Waals surface area (Å²) < 4.78 is 7.13. The van der Waals surface area contributed by atoms with Crippen molar-refractivity contribution in [3.63, 3.8) is 0 Å². The predicted molar refractivity (Wildman–Crippen MR) is 77.7 cm³/mol. The molecular weight excluding hydrogens is 270 g/mol. The van der Waals surface area contributed by atoms with Crippen LogP contribution in [0.5, 0.6) is 5.88 Å². The molecule has 0 aliphatic carbocycles. The Hall–Kier alpha value is -2.57. The van der Waals surface area contributed by atoms with E-state index in [-0.39, 0.29) is 6.03 Å². The third-order valence-electron chi connectivity index (χ3n) is 2.92. The van der Waals surface area contributed by atoms with Gasteiger partial charge in [0.25, 0.3) is 0 Å². The minimum atomic E-state index is -0.248. The molecule has 0 atom stereocenters. The number of nitrogens with zero attached hydrogens (tertiary/aromatic N) is 3. The minimum Gasteiger partial charge on any atom is -0.478 e. The second-order valence-corrected chi connectivity index (χ2v) is 4.38. The summed E-state index contributed by atoms with van der Waals surface area (Å²) >= 11 is 0. The van der Waals surface area contributed by atoms with Crippen molar-refractivity contribution in [3.05, 3.63) is 41.9 Å². The lowest BCUT2D eigenvalue weighted by Crippen LogP contribution is -2.35. The van der Waals surface area contributed by atoms with E-state index in [0.717, 1.165) is 11.3 Å². The molecule has 0 spiro atoms. The molecule has 7 nitrogen and oxygen atoms in total. The van der Waals surface area contributed by atoms with Crippen molar-refractivity contribution < 1.29 is 9.53 Å². The fourth-order valence-corrected chi connectivity index (χ4v) is 1.81. The molecule has 2 amide bonds. The first-order chi connectivity index (χ1) is 10.2. The molecule has 0 radical (unpaired) electrons. The first-order valence-corrected chi connectivity index (χ1v) is 6.76. The fraction of sp³-hybridized carbons (Fsp3) is 0.357. The van der Waals surface area contributed by atoms with E-state index >= 15 is 0 Å². The third-order valence-corrected chi connectivity index (χ3v) is 2.92. The zero-order valence-electron chi connectivity index (χ0n) is 12.2. The summed E-state index contributed by atoms with van der Waals surface area (Å²) in [5.41, 5.74) is 1.77. The lowest BCUT2D eigenvalue weighted by molar-refractivity contribution is 0.239. The standard InChI is InChI=1S/C14H19N5O2/c1-3-21-13-11(5-4-7-15-13)9-16-14(20)17-10-12-6-8-18-19(12)2/h4-8H,3,9-10H2,1-2H3,(H2,16,17,20). The summed E-state index contributed by atoms with van der Waals surface area (Å²) in [5.74, 6) is 0.548. The third kappa shape index (κ3) is 4.20. The van der Waals surface area contributed by atoms with Crippen molar-refractivity contribution in [3.8, 4) is 5.88 Å². The van der Waals surface area contributed by atoms with Crippen molar-refractivity contribution >= 4 is 6.03 Å². The van der Waals surface area contributed by atoms with Gasteiger partial charge in [-0.15, -0.1) is 0 Å². The highest BCUT2D eigenvalue weighted by Gasteiger charge is 2.07. The topological polar surface area (TPSA) is 81.1 Å². The number of hydrogen-bond donors (Lipinski definition) is 2. The number of aromatic nitrogens is 3. The predicted octanol–water partition coefficient (Wildman–Crippen LogP) is 1.21. The van der Waals surface area contributed by atoms with Crippen LogP contribution in [0.2, 0.25) is 0 Å². The van der Waals surface area contributed by atoms with Crippen molar-refractivity contribution in [1.82, 2.24) is 25.4 Å². The smallest absolute Gasteiger partial charge is 0.315 e. The number of rotatable bonds is 6. The molecule has 0 saturated heterocycles. The molecule has 2 aromatic heterocycles. The Kier molecular flexibility index (Phi) is 5.14. The van der Waals surface area contributed by atoms with Gasteiger partial charge in [-0.2, -0.15) is 5.10 Å². The van der Waals surface area contributed by atoms with Crippen molar-refractivity contribution in [2.24, 2.45) is 7.05 Å². The Morgan fingerprint density at radius 3 is 2.81 bits per heavy atom. The van der Waals surface area contributed by atoms with Gasteiger partial charge < -0.3 is 15.4 Å². The van der Waals surface area contributed by atoms with E-state index in [4.69, 9.17) is 4.74 Å². The van der Waals surface area contributed by atoms with E-state index in [2.05, 4.69) is 20.7 Å². The van der Waals surface area contributed by atoms with Crippen LogP contribution in [-0.2, 0) is 20.1 Å². The van der Waals surface area contributed by atoms with E-state index in [1.165, 1.54) is 0 Å². The first-order valence-electron chi connectivity index (χ1n) is 6.76. The molecule has 0 aliphatic heterocycles. The molecule has 112 valence electrons. The highest BCUT2D eigenvalue weighted by Crippen LogP contribution is 2.13. The Labute approximate surface area is 123 Å². The quantitative estimate of drug-likeness (QED) is 0.837. The maximum atomic E-state index is 11.8. The van der Waals surface area contributed by atoms with Crippen LogP contribution >= 0.6 is 0 Å². The van der Waals surface area contributed by atoms with Gasteiger partial charge in [0.2, 0.25) is 5.88 Å². The Bertz CT molecular complexity index is 597. The lowest BCUT2D eigenvalue weighted by Gasteiger charge is -2.10. The minimum absolute atomic E-state index is 0.248. The van der Waals surface area contributed by atoms with Crippen LogP contribution in [-0.4, -0.2) is 27.4 Å². The SMILES string of the molecule is CCOc1ncccc1CNC(=O)NCc1ccnn1C. The van der Waals surface area contributed by atoms with E-state index < -0.39 is 0 Å². The molecule has 0 saturated carbocycles. The molecule has 0 bridgehead atoms. The van der Waals surface area contributed by atoms with Crippen LogP contribution < -0.4 is 15.4 Å². The second-order valence-electron chi connectivity index (χ2n) is 4.38. The number of pyridine rings is 1. The summed E-state index contributed by atoms with van der Waals surface area (Å²) in [6, 6.07) is 5.30. The Morgan fingerprint density at radius 2 is 2.10 bits per heavy atom. The number of carbonyl (C=O) groups excluding carboxylic acids is 1. The number of aryl methyl sites for hydroxylation is 1. The van der Waals surface area contributed by atoms with Gasteiger partial charge in [-0.25, -0.2) is 9.78 Å².